The van der Waals surface area contributed by atoms with Gasteiger partial charge in [-0.2, -0.15) is 0 Å². The van der Waals surface area contributed by atoms with E-state index >= 15 is 0 Å². The Morgan fingerprint density at radius 2 is 1.61 bits per heavy atom. The molecule has 8 heteroatoms. The van der Waals surface area contributed by atoms with E-state index in [0.29, 0.717) is 0 Å². The minimum atomic E-state index is -1.94. The van der Waals surface area contributed by atoms with E-state index in [2.05, 4.69) is 5.32 Å². The van der Waals surface area contributed by atoms with Gasteiger partial charge in [0, 0.05) is 6.04 Å². The van der Waals surface area contributed by atoms with Gasteiger partial charge in [0.2, 0.25) is 0 Å². The van der Waals surface area contributed by atoms with E-state index in [9.17, 15) is 20.4 Å². The number of hydrogen-bond donors (Lipinski definition) is 8. The molecular formula is C10H21NO7. The summed E-state index contributed by atoms with van der Waals surface area (Å²) in [4.78, 5) is 0. The maximum absolute atomic E-state index is 9.93. The molecule has 18 heavy (non-hydrogen) atoms. The van der Waals surface area contributed by atoms with Gasteiger partial charge < -0.3 is 41.1 Å². The van der Waals surface area contributed by atoms with E-state index in [1.54, 1.807) is 0 Å². The van der Waals surface area contributed by atoms with Gasteiger partial charge in [-0.15, -0.1) is 0 Å². The van der Waals surface area contributed by atoms with Crippen LogP contribution in [0.2, 0.25) is 0 Å². The van der Waals surface area contributed by atoms with Gasteiger partial charge in [-0.1, -0.05) is 0 Å². The van der Waals surface area contributed by atoms with Gasteiger partial charge >= 0.3 is 0 Å². The van der Waals surface area contributed by atoms with Crippen LogP contribution >= 0.6 is 0 Å². The standard InChI is InChI=1S/C10H21NO7/c12-2-5(3-13)11-6-1-10(18,4-14)9(17)8(16)7(6)15/h5-9,11-18H,1-4H2/t6-,7?,8?,9-,10?/m0/s1. The zero-order valence-corrected chi connectivity index (χ0v) is 9.85. The van der Waals surface area contributed by atoms with Gasteiger partial charge in [0.15, 0.2) is 0 Å². The lowest BCUT2D eigenvalue weighted by molar-refractivity contribution is -0.207. The summed E-state index contributed by atoms with van der Waals surface area (Å²) in [5, 5.41) is 68.4. The molecular weight excluding hydrogens is 246 g/mol. The van der Waals surface area contributed by atoms with Crippen LogP contribution in [0.5, 0.6) is 0 Å². The second-order valence-corrected chi connectivity index (χ2v) is 4.73. The topological polar surface area (TPSA) is 154 Å². The van der Waals surface area contributed by atoms with Crippen LogP contribution < -0.4 is 5.32 Å². The van der Waals surface area contributed by atoms with Gasteiger partial charge in [0.05, 0.1) is 32.0 Å². The zero-order valence-electron chi connectivity index (χ0n) is 9.85. The lowest BCUT2D eigenvalue weighted by Gasteiger charge is -2.46. The van der Waals surface area contributed by atoms with Gasteiger partial charge in [0.25, 0.3) is 0 Å². The second-order valence-electron chi connectivity index (χ2n) is 4.73. The fourth-order valence-electron chi connectivity index (χ4n) is 2.15. The summed E-state index contributed by atoms with van der Waals surface area (Å²) < 4.78 is 0. The van der Waals surface area contributed by atoms with Crippen molar-refractivity contribution in [1.29, 1.82) is 0 Å². The Kier molecular flexibility index (Phi) is 5.44. The minimum absolute atomic E-state index is 0.223. The van der Waals surface area contributed by atoms with Gasteiger partial charge in [-0.05, 0) is 6.42 Å². The van der Waals surface area contributed by atoms with E-state index < -0.39 is 55.8 Å². The first-order chi connectivity index (χ1) is 8.39. The molecule has 0 radical (unpaired) electrons. The van der Waals surface area contributed by atoms with Crippen LogP contribution in [0.15, 0.2) is 0 Å². The quantitative estimate of drug-likeness (QED) is 0.248. The van der Waals surface area contributed by atoms with Crippen LogP contribution in [0.1, 0.15) is 6.42 Å². The molecule has 0 saturated heterocycles. The maximum atomic E-state index is 9.93. The van der Waals surface area contributed by atoms with Crippen LogP contribution in [0, 0.1) is 0 Å². The highest BCUT2D eigenvalue weighted by Gasteiger charge is 2.51. The fraction of sp³-hybridized carbons (Fsp3) is 1.00. The molecule has 0 aromatic rings. The monoisotopic (exact) mass is 267 g/mol. The predicted octanol–water partition coefficient (Wildman–Crippen LogP) is -4.49. The van der Waals surface area contributed by atoms with Crippen molar-refractivity contribution in [3.63, 3.8) is 0 Å². The van der Waals surface area contributed by atoms with Crippen molar-refractivity contribution in [3.8, 4) is 0 Å². The Hall–Kier alpha value is -0.320. The fourth-order valence-corrected chi connectivity index (χ4v) is 2.15. The first-order valence-corrected chi connectivity index (χ1v) is 5.74. The average Bonchev–Trinajstić information content (AvgIpc) is 2.39. The van der Waals surface area contributed by atoms with E-state index in [0.717, 1.165) is 0 Å². The zero-order chi connectivity index (χ0) is 13.9. The smallest absolute Gasteiger partial charge is 0.118 e. The first-order valence-electron chi connectivity index (χ1n) is 5.74. The maximum Gasteiger partial charge on any atom is 0.118 e. The first kappa shape index (κ1) is 15.7. The average molecular weight is 267 g/mol. The lowest BCUT2D eigenvalue weighted by atomic mass is 9.76. The molecule has 5 atom stereocenters. The van der Waals surface area contributed by atoms with Gasteiger partial charge in [-0.25, -0.2) is 0 Å². The van der Waals surface area contributed by atoms with Crippen molar-refractivity contribution in [3.05, 3.63) is 0 Å². The third-order valence-electron chi connectivity index (χ3n) is 3.37. The summed E-state index contributed by atoms with van der Waals surface area (Å²) in [5.41, 5.74) is -1.94. The summed E-state index contributed by atoms with van der Waals surface area (Å²) >= 11 is 0. The third kappa shape index (κ3) is 2.98. The Morgan fingerprint density at radius 3 is 2.06 bits per heavy atom. The van der Waals surface area contributed by atoms with Crippen LogP contribution in [0.4, 0.5) is 0 Å². The van der Waals surface area contributed by atoms with E-state index in [-0.39, 0.29) is 6.42 Å². The highest BCUT2D eigenvalue weighted by Crippen LogP contribution is 2.29. The summed E-state index contributed by atoms with van der Waals surface area (Å²) in [5.74, 6) is 0. The molecule has 0 spiro atoms. The van der Waals surface area contributed by atoms with E-state index in [1.165, 1.54) is 0 Å². The number of nitrogens with one attached hydrogen (secondary N) is 1. The van der Waals surface area contributed by atoms with Crippen LogP contribution in [0.3, 0.4) is 0 Å². The third-order valence-corrected chi connectivity index (χ3v) is 3.37. The molecule has 0 aromatic carbocycles. The molecule has 1 aliphatic rings. The molecule has 0 bridgehead atoms. The van der Waals surface area contributed by atoms with Gasteiger partial charge in [0.1, 0.15) is 17.8 Å². The van der Waals surface area contributed by atoms with Crippen molar-refractivity contribution in [1.82, 2.24) is 5.32 Å². The van der Waals surface area contributed by atoms with E-state index in [4.69, 9.17) is 15.3 Å². The second kappa shape index (κ2) is 6.22. The molecule has 108 valence electrons. The van der Waals surface area contributed by atoms with Crippen LogP contribution in [0.25, 0.3) is 0 Å². The molecule has 0 aliphatic heterocycles. The lowest BCUT2D eigenvalue weighted by Crippen LogP contribution is -2.68. The van der Waals surface area contributed by atoms with Crippen molar-refractivity contribution in [2.24, 2.45) is 0 Å². The number of hydrogen-bond acceptors (Lipinski definition) is 8. The molecule has 8 nitrogen and oxygen atoms in total. The Labute approximate surface area is 104 Å². The van der Waals surface area contributed by atoms with Crippen LogP contribution in [-0.4, -0.2) is 91.6 Å². The van der Waals surface area contributed by atoms with Crippen molar-refractivity contribution in [2.75, 3.05) is 19.8 Å². The number of rotatable bonds is 5. The molecule has 1 rings (SSSR count). The SMILES string of the molecule is OCC(CO)N[C@H]1CC(O)(CO)[C@@H](O)C(O)C1O. The summed E-state index contributed by atoms with van der Waals surface area (Å²) in [6, 6.07) is -1.60. The van der Waals surface area contributed by atoms with Crippen molar-refractivity contribution >= 4 is 0 Å². The Balaban J connectivity index is 2.79. The van der Waals surface area contributed by atoms with E-state index in [1.807, 2.05) is 0 Å². The number of aliphatic hydroxyl groups excluding tert-OH is 6. The molecule has 1 fully saturated rings. The largest absolute Gasteiger partial charge is 0.395 e. The molecule has 8 N–H and O–H groups in total. The summed E-state index contributed by atoms with van der Waals surface area (Å²) in [7, 11) is 0. The van der Waals surface area contributed by atoms with Crippen molar-refractivity contribution in [2.45, 2.75) is 42.4 Å². The summed E-state index contributed by atoms with van der Waals surface area (Å²) in [6.07, 6.45) is -4.91. The molecule has 0 amide bonds. The number of aliphatic hydroxyl groups is 7. The molecule has 0 heterocycles. The highest BCUT2D eigenvalue weighted by molar-refractivity contribution is 5.05. The Bertz CT molecular complexity index is 263. The Morgan fingerprint density at radius 1 is 1.06 bits per heavy atom. The van der Waals surface area contributed by atoms with Crippen molar-refractivity contribution < 1.29 is 35.7 Å². The highest BCUT2D eigenvalue weighted by atomic mass is 16.4. The molecule has 1 aliphatic carbocycles. The minimum Gasteiger partial charge on any atom is -0.395 e. The van der Waals surface area contributed by atoms with Gasteiger partial charge in [-0.3, -0.25) is 0 Å². The predicted molar refractivity (Wildman–Crippen MR) is 59.6 cm³/mol. The van der Waals surface area contributed by atoms with Crippen LogP contribution in [-0.2, 0) is 0 Å². The molecule has 3 unspecified atom stereocenters. The molecule has 1 saturated carbocycles. The normalized spacial score (nSPS) is 41.3. The molecule has 0 aromatic heterocycles. The summed E-state index contributed by atoms with van der Waals surface area (Å²) in [6.45, 7) is -1.56.